The number of rotatable bonds is 8. The van der Waals surface area contributed by atoms with Gasteiger partial charge in [0.25, 0.3) is 5.91 Å². The number of primary amides is 1. The van der Waals surface area contributed by atoms with E-state index in [1.54, 1.807) is 36.4 Å². The third-order valence-electron chi connectivity index (χ3n) is 4.20. The number of carbonyl (C=O) groups excluding carboxylic acids is 2. The predicted octanol–water partition coefficient (Wildman–Crippen LogP) is 1.53. The van der Waals surface area contributed by atoms with Crippen molar-refractivity contribution < 1.29 is 14.0 Å². The molecular formula is C20H21N3O4. The molecule has 0 aliphatic rings. The van der Waals surface area contributed by atoms with Crippen LogP contribution in [0.2, 0.25) is 0 Å². The molecule has 0 unspecified atom stereocenters. The van der Waals surface area contributed by atoms with E-state index in [4.69, 9.17) is 10.2 Å². The van der Waals surface area contributed by atoms with Crippen molar-refractivity contribution >= 4 is 33.8 Å². The number of para-hydroxylation sites is 1. The Morgan fingerprint density at radius 1 is 0.963 bits per heavy atom. The van der Waals surface area contributed by atoms with Crippen LogP contribution in [-0.2, 0) is 4.79 Å². The maximum atomic E-state index is 12.6. The van der Waals surface area contributed by atoms with Gasteiger partial charge in [-0.3, -0.25) is 14.4 Å². The molecule has 0 spiro atoms. The fourth-order valence-corrected chi connectivity index (χ4v) is 2.80. The van der Waals surface area contributed by atoms with Gasteiger partial charge in [0, 0.05) is 25.1 Å². The van der Waals surface area contributed by atoms with Gasteiger partial charge in [0.15, 0.2) is 0 Å². The van der Waals surface area contributed by atoms with Crippen LogP contribution in [0.25, 0.3) is 21.9 Å². The normalized spacial score (nSPS) is 11.0. The maximum Gasteiger partial charge on any atom is 0.251 e. The molecule has 1 heterocycles. The van der Waals surface area contributed by atoms with Crippen LogP contribution < -0.4 is 21.8 Å². The molecule has 3 aromatic rings. The largest absolute Gasteiger partial charge is 0.456 e. The van der Waals surface area contributed by atoms with Crippen molar-refractivity contribution in [2.45, 2.75) is 12.8 Å². The topological polar surface area (TPSA) is 114 Å². The molecule has 0 radical (unpaired) electrons. The van der Waals surface area contributed by atoms with Crippen molar-refractivity contribution in [2.75, 3.05) is 19.6 Å². The lowest BCUT2D eigenvalue weighted by Gasteiger charge is -2.07. The summed E-state index contributed by atoms with van der Waals surface area (Å²) in [5.41, 5.74) is 6.29. The molecule has 0 atom stereocenters. The summed E-state index contributed by atoms with van der Waals surface area (Å²) >= 11 is 0. The number of fused-ring (bicyclic) bond motifs is 2. The van der Waals surface area contributed by atoms with Gasteiger partial charge >= 0.3 is 0 Å². The molecule has 2 amide bonds. The summed E-state index contributed by atoms with van der Waals surface area (Å²) in [6, 6.07) is 11.9. The van der Waals surface area contributed by atoms with Crippen LogP contribution >= 0.6 is 0 Å². The Morgan fingerprint density at radius 3 is 2.56 bits per heavy atom. The Balaban J connectivity index is 1.63. The van der Waals surface area contributed by atoms with E-state index in [2.05, 4.69) is 10.6 Å². The molecule has 3 rings (SSSR count). The minimum Gasteiger partial charge on any atom is -0.456 e. The molecule has 0 aliphatic heterocycles. The monoisotopic (exact) mass is 367 g/mol. The van der Waals surface area contributed by atoms with Crippen molar-refractivity contribution in [3.05, 3.63) is 58.3 Å². The lowest BCUT2D eigenvalue weighted by atomic mass is 10.1. The second-order valence-electron chi connectivity index (χ2n) is 6.21. The van der Waals surface area contributed by atoms with E-state index in [1.807, 2.05) is 6.07 Å². The van der Waals surface area contributed by atoms with E-state index < -0.39 is 0 Å². The number of amides is 2. The first-order chi connectivity index (χ1) is 13.1. The third-order valence-corrected chi connectivity index (χ3v) is 4.20. The third kappa shape index (κ3) is 4.51. The summed E-state index contributed by atoms with van der Waals surface area (Å²) in [5.74, 6) is -0.592. The van der Waals surface area contributed by atoms with Gasteiger partial charge < -0.3 is 20.8 Å². The Bertz CT molecular complexity index is 1040. The summed E-state index contributed by atoms with van der Waals surface area (Å²) in [6.45, 7) is 1.67. The van der Waals surface area contributed by atoms with Crippen LogP contribution in [0.4, 0.5) is 0 Å². The molecule has 1 aromatic heterocycles. The van der Waals surface area contributed by atoms with Gasteiger partial charge in [0.2, 0.25) is 11.3 Å². The summed E-state index contributed by atoms with van der Waals surface area (Å²) in [5, 5.41) is 6.76. The quantitative estimate of drug-likeness (QED) is 0.413. The molecule has 0 saturated carbocycles. The Labute approximate surface area is 155 Å². The molecule has 7 nitrogen and oxygen atoms in total. The predicted molar refractivity (Wildman–Crippen MR) is 104 cm³/mol. The van der Waals surface area contributed by atoms with E-state index in [9.17, 15) is 14.4 Å². The van der Waals surface area contributed by atoms with Gasteiger partial charge in [-0.1, -0.05) is 12.1 Å². The molecule has 7 heteroatoms. The zero-order valence-electron chi connectivity index (χ0n) is 14.8. The molecule has 0 bridgehead atoms. The van der Waals surface area contributed by atoms with Crippen molar-refractivity contribution in [1.29, 1.82) is 0 Å². The molecule has 140 valence electrons. The standard InChI is InChI=1S/C20H21N3O4/c21-18(24)8-11-22-9-3-10-23-20(26)13-6-7-17-15(12-13)19(25)14-4-1-2-5-16(14)27-17/h1-2,4-7,12,22H,3,8-11H2,(H2,21,24)(H,23,26). The Morgan fingerprint density at radius 2 is 1.74 bits per heavy atom. The lowest BCUT2D eigenvalue weighted by molar-refractivity contribution is -0.117. The van der Waals surface area contributed by atoms with Gasteiger partial charge in [-0.15, -0.1) is 0 Å². The molecule has 2 aromatic carbocycles. The minimum absolute atomic E-state index is 0.153. The summed E-state index contributed by atoms with van der Waals surface area (Å²) in [7, 11) is 0. The highest BCUT2D eigenvalue weighted by molar-refractivity contribution is 5.99. The van der Waals surface area contributed by atoms with Crippen LogP contribution in [0.3, 0.4) is 0 Å². The van der Waals surface area contributed by atoms with Crippen LogP contribution in [0.15, 0.2) is 51.7 Å². The van der Waals surface area contributed by atoms with E-state index in [0.29, 0.717) is 60.0 Å². The Hall–Kier alpha value is -3.19. The minimum atomic E-state index is -0.343. The van der Waals surface area contributed by atoms with Gasteiger partial charge in [-0.25, -0.2) is 0 Å². The van der Waals surface area contributed by atoms with Gasteiger partial charge in [0.05, 0.1) is 10.8 Å². The fraction of sp³-hybridized carbons (Fsp3) is 0.250. The zero-order chi connectivity index (χ0) is 19.2. The smallest absolute Gasteiger partial charge is 0.251 e. The zero-order valence-corrected chi connectivity index (χ0v) is 14.8. The van der Waals surface area contributed by atoms with Gasteiger partial charge in [-0.2, -0.15) is 0 Å². The molecule has 4 N–H and O–H groups in total. The SMILES string of the molecule is NC(=O)CCNCCCNC(=O)c1ccc2oc3ccccc3c(=O)c2c1. The molecule has 0 fully saturated rings. The van der Waals surface area contributed by atoms with Crippen LogP contribution in [0.5, 0.6) is 0 Å². The highest BCUT2D eigenvalue weighted by Crippen LogP contribution is 2.19. The van der Waals surface area contributed by atoms with Crippen molar-refractivity contribution in [2.24, 2.45) is 5.73 Å². The average Bonchev–Trinajstić information content (AvgIpc) is 2.67. The van der Waals surface area contributed by atoms with E-state index >= 15 is 0 Å². The van der Waals surface area contributed by atoms with Crippen LogP contribution in [0.1, 0.15) is 23.2 Å². The number of hydrogen-bond donors (Lipinski definition) is 3. The second-order valence-corrected chi connectivity index (χ2v) is 6.21. The van der Waals surface area contributed by atoms with Gasteiger partial charge in [0.1, 0.15) is 11.2 Å². The van der Waals surface area contributed by atoms with Crippen LogP contribution in [0, 0.1) is 0 Å². The number of carbonyl (C=O) groups is 2. The molecule has 0 aliphatic carbocycles. The first-order valence-electron chi connectivity index (χ1n) is 8.79. The number of hydrogen-bond acceptors (Lipinski definition) is 5. The summed E-state index contributed by atoms with van der Waals surface area (Å²) < 4.78 is 5.74. The van der Waals surface area contributed by atoms with Crippen molar-refractivity contribution in [3.8, 4) is 0 Å². The van der Waals surface area contributed by atoms with E-state index in [0.717, 1.165) is 0 Å². The first kappa shape index (κ1) is 18.6. The number of benzene rings is 2. The molecule has 27 heavy (non-hydrogen) atoms. The second kappa shape index (κ2) is 8.46. The summed E-state index contributed by atoms with van der Waals surface area (Å²) in [6.07, 6.45) is 1.01. The molecule has 0 saturated heterocycles. The van der Waals surface area contributed by atoms with E-state index in [-0.39, 0.29) is 17.2 Å². The van der Waals surface area contributed by atoms with Crippen molar-refractivity contribution in [1.82, 2.24) is 10.6 Å². The Kier molecular flexibility index (Phi) is 5.83. The summed E-state index contributed by atoms with van der Waals surface area (Å²) in [4.78, 5) is 35.6. The van der Waals surface area contributed by atoms with E-state index in [1.165, 1.54) is 0 Å². The van der Waals surface area contributed by atoms with Crippen LogP contribution in [-0.4, -0.2) is 31.4 Å². The van der Waals surface area contributed by atoms with Gasteiger partial charge in [-0.05, 0) is 43.3 Å². The highest BCUT2D eigenvalue weighted by Gasteiger charge is 2.11. The highest BCUT2D eigenvalue weighted by atomic mass is 16.3. The fourth-order valence-electron chi connectivity index (χ4n) is 2.80. The lowest BCUT2D eigenvalue weighted by Crippen LogP contribution is -2.28. The first-order valence-corrected chi connectivity index (χ1v) is 8.79. The van der Waals surface area contributed by atoms with Crippen molar-refractivity contribution in [3.63, 3.8) is 0 Å². The average molecular weight is 367 g/mol. The maximum absolute atomic E-state index is 12.6. The number of nitrogens with one attached hydrogen (secondary N) is 2. The molecular weight excluding hydrogens is 346 g/mol. The number of nitrogens with two attached hydrogens (primary N) is 1.